The highest BCUT2D eigenvalue weighted by molar-refractivity contribution is 5.62. The lowest BCUT2D eigenvalue weighted by atomic mass is 10.1. The fourth-order valence-corrected chi connectivity index (χ4v) is 1.55. The Morgan fingerprint density at radius 1 is 1.33 bits per heavy atom. The van der Waals surface area contributed by atoms with Gasteiger partial charge in [-0.05, 0) is 12.5 Å². The van der Waals surface area contributed by atoms with E-state index in [2.05, 4.69) is 12.0 Å². The van der Waals surface area contributed by atoms with Crippen LogP contribution in [0.4, 0.5) is 4.39 Å². The monoisotopic (exact) mass is 204 g/mol. The van der Waals surface area contributed by atoms with Crippen molar-refractivity contribution < 1.29 is 4.39 Å². The molecule has 0 unspecified atom stereocenters. The standard InChI is InChI=1S/C12H13FN2/c1-2-7-15-9-10(8-14-15)11-5-3-4-6-12(11)13/h3-6,8-9H,2,7H2,1H3. The number of benzene rings is 1. The Kier molecular flexibility index (Phi) is 2.81. The van der Waals surface area contributed by atoms with Gasteiger partial charge in [-0.2, -0.15) is 5.10 Å². The zero-order valence-electron chi connectivity index (χ0n) is 8.65. The molecule has 1 aromatic carbocycles. The van der Waals surface area contributed by atoms with Crippen LogP contribution in [0.5, 0.6) is 0 Å². The Balaban J connectivity index is 2.33. The van der Waals surface area contributed by atoms with E-state index in [1.807, 2.05) is 16.9 Å². The molecule has 78 valence electrons. The van der Waals surface area contributed by atoms with Gasteiger partial charge >= 0.3 is 0 Å². The summed E-state index contributed by atoms with van der Waals surface area (Å²) < 4.78 is 15.3. The fourth-order valence-electron chi connectivity index (χ4n) is 1.55. The number of halogens is 1. The lowest BCUT2D eigenvalue weighted by Crippen LogP contribution is -1.95. The zero-order chi connectivity index (χ0) is 10.7. The smallest absolute Gasteiger partial charge is 0.131 e. The Hall–Kier alpha value is -1.64. The minimum Gasteiger partial charge on any atom is -0.272 e. The van der Waals surface area contributed by atoms with Crippen LogP contribution in [0.1, 0.15) is 13.3 Å². The number of aromatic nitrogens is 2. The molecule has 2 nitrogen and oxygen atoms in total. The summed E-state index contributed by atoms with van der Waals surface area (Å²) in [7, 11) is 0. The summed E-state index contributed by atoms with van der Waals surface area (Å²) >= 11 is 0. The Bertz CT molecular complexity index is 448. The van der Waals surface area contributed by atoms with E-state index in [1.165, 1.54) is 6.07 Å². The highest BCUT2D eigenvalue weighted by Gasteiger charge is 2.05. The van der Waals surface area contributed by atoms with Crippen molar-refractivity contribution in [3.63, 3.8) is 0 Å². The first kappa shape index (κ1) is 9.90. The molecule has 0 aliphatic rings. The normalized spacial score (nSPS) is 10.5. The maximum Gasteiger partial charge on any atom is 0.131 e. The number of hydrogen-bond donors (Lipinski definition) is 0. The zero-order valence-corrected chi connectivity index (χ0v) is 8.65. The highest BCUT2D eigenvalue weighted by Crippen LogP contribution is 2.21. The second-order valence-electron chi connectivity index (χ2n) is 3.47. The number of hydrogen-bond acceptors (Lipinski definition) is 1. The summed E-state index contributed by atoms with van der Waals surface area (Å²) in [6, 6.07) is 6.75. The topological polar surface area (TPSA) is 17.8 Å². The molecule has 0 N–H and O–H groups in total. The van der Waals surface area contributed by atoms with Crippen molar-refractivity contribution in [3.05, 3.63) is 42.5 Å². The molecule has 0 saturated carbocycles. The van der Waals surface area contributed by atoms with Crippen LogP contribution in [-0.4, -0.2) is 9.78 Å². The first-order valence-electron chi connectivity index (χ1n) is 5.08. The average molecular weight is 204 g/mol. The number of nitrogens with zero attached hydrogens (tertiary/aromatic N) is 2. The van der Waals surface area contributed by atoms with Gasteiger partial charge in [0.05, 0.1) is 6.20 Å². The summed E-state index contributed by atoms with van der Waals surface area (Å²) in [6.45, 7) is 2.96. The van der Waals surface area contributed by atoms with Crippen LogP contribution in [0.2, 0.25) is 0 Å². The Labute approximate surface area is 88.4 Å². The molecule has 0 aliphatic heterocycles. The van der Waals surface area contributed by atoms with Crippen LogP contribution in [0.15, 0.2) is 36.7 Å². The summed E-state index contributed by atoms with van der Waals surface area (Å²) in [5.74, 6) is -0.200. The predicted molar refractivity (Wildman–Crippen MR) is 57.9 cm³/mol. The molecular weight excluding hydrogens is 191 g/mol. The lowest BCUT2D eigenvalue weighted by Gasteiger charge is -1.98. The van der Waals surface area contributed by atoms with Gasteiger partial charge in [0.1, 0.15) is 5.82 Å². The van der Waals surface area contributed by atoms with E-state index in [-0.39, 0.29) is 5.82 Å². The fraction of sp³-hybridized carbons (Fsp3) is 0.250. The van der Waals surface area contributed by atoms with Crippen LogP contribution in [0.25, 0.3) is 11.1 Å². The molecular formula is C12H13FN2. The van der Waals surface area contributed by atoms with Crippen molar-refractivity contribution >= 4 is 0 Å². The summed E-state index contributed by atoms with van der Waals surface area (Å²) in [5, 5.41) is 4.17. The van der Waals surface area contributed by atoms with Gasteiger partial charge in [0.15, 0.2) is 0 Å². The van der Waals surface area contributed by atoms with Gasteiger partial charge in [-0.25, -0.2) is 4.39 Å². The summed E-state index contributed by atoms with van der Waals surface area (Å²) in [6.07, 6.45) is 4.61. The molecule has 0 aliphatic carbocycles. The Morgan fingerprint density at radius 3 is 2.87 bits per heavy atom. The number of aryl methyl sites for hydroxylation is 1. The molecule has 0 atom stereocenters. The van der Waals surface area contributed by atoms with Crippen molar-refractivity contribution in [2.75, 3.05) is 0 Å². The van der Waals surface area contributed by atoms with E-state index < -0.39 is 0 Å². The minimum atomic E-state index is -0.200. The minimum absolute atomic E-state index is 0.200. The predicted octanol–water partition coefficient (Wildman–Crippen LogP) is 3.10. The molecule has 0 radical (unpaired) electrons. The molecule has 3 heteroatoms. The molecule has 15 heavy (non-hydrogen) atoms. The molecule has 2 rings (SSSR count). The van der Waals surface area contributed by atoms with Crippen LogP contribution in [-0.2, 0) is 6.54 Å². The molecule has 0 saturated heterocycles. The van der Waals surface area contributed by atoms with E-state index in [1.54, 1.807) is 18.3 Å². The van der Waals surface area contributed by atoms with Crippen molar-refractivity contribution in [3.8, 4) is 11.1 Å². The van der Waals surface area contributed by atoms with Gasteiger partial charge in [-0.15, -0.1) is 0 Å². The van der Waals surface area contributed by atoms with Crippen molar-refractivity contribution in [2.24, 2.45) is 0 Å². The molecule has 1 heterocycles. The first-order chi connectivity index (χ1) is 7.31. The van der Waals surface area contributed by atoms with Crippen LogP contribution in [0.3, 0.4) is 0 Å². The van der Waals surface area contributed by atoms with E-state index in [9.17, 15) is 4.39 Å². The molecule has 2 aromatic rings. The molecule has 0 amide bonds. The SMILES string of the molecule is CCCn1cc(-c2ccccc2F)cn1. The number of rotatable bonds is 3. The quantitative estimate of drug-likeness (QED) is 0.751. The second kappa shape index (κ2) is 4.26. The van der Waals surface area contributed by atoms with Crippen molar-refractivity contribution in [1.82, 2.24) is 9.78 Å². The van der Waals surface area contributed by atoms with E-state index in [0.717, 1.165) is 18.5 Å². The van der Waals surface area contributed by atoms with Crippen molar-refractivity contribution in [1.29, 1.82) is 0 Å². The third-order valence-electron chi connectivity index (χ3n) is 2.27. The van der Waals surface area contributed by atoms with Gasteiger partial charge in [-0.1, -0.05) is 25.1 Å². The lowest BCUT2D eigenvalue weighted by molar-refractivity contribution is 0.602. The van der Waals surface area contributed by atoms with Gasteiger partial charge in [-0.3, -0.25) is 4.68 Å². The third kappa shape index (κ3) is 2.06. The summed E-state index contributed by atoms with van der Waals surface area (Å²) in [5.41, 5.74) is 1.45. The van der Waals surface area contributed by atoms with E-state index >= 15 is 0 Å². The first-order valence-corrected chi connectivity index (χ1v) is 5.08. The molecule has 1 aromatic heterocycles. The van der Waals surface area contributed by atoms with Gasteiger partial charge in [0.25, 0.3) is 0 Å². The van der Waals surface area contributed by atoms with Crippen LogP contribution in [0, 0.1) is 5.82 Å². The van der Waals surface area contributed by atoms with Crippen LogP contribution < -0.4 is 0 Å². The van der Waals surface area contributed by atoms with Crippen LogP contribution >= 0.6 is 0 Å². The maximum absolute atomic E-state index is 13.4. The second-order valence-corrected chi connectivity index (χ2v) is 3.47. The van der Waals surface area contributed by atoms with E-state index in [4.69, 9.17) is 0 Å². The van der Waals surface area contributed by atoms with E-state index in [0.29, 0.717) is 5.56 Å². The average Bonchev–Trinajstić information content (AvgIpc) is 2.68. The van der Waals surface area contributed by atoms with Gasteiger partial charge < -0.3 is 0 Å². The van der Waals surface area contributed by atoms with Gasteiger partial charge in [0, 0.05) is 23.9 Å². The molecule has 0 fully saturated rings. The maximum atomic E-state index is 13.4. The summed E-state index contributed by atoms with van der Waals surface area (Å²) in [4.78, 5) is 0. The largest absolute Gasteiger partial charge is 0.272 e. The Morgan fingerprint density at radius 2 is 2.13 bits per heavy atom. The molecule has 0 bridgehead atoms. The molecule has 0 spiro atoms. The third-order valence-corrected chi connectivity index (χ3v) is 2.27. The highest BCUT2D eigenvalue weighted by atomic mass is 19.1. The van der Waals surface area contributed by atoms with Crippen molar-refractivity contribution in [2.45, 2.75) is 19.9 Å². The van der Waals surface area contributed by atoms with Gasteiger partial charge in [0.2, 0.25) is 0 Å².